The van der Waals surface area contributed by atoms with Crippen LogP contribution in [0.5, 0.6) is 5.75 Å². The van der Waals surface area contributed by atoms with Gasteiger partial charge in [-0.2, -0.15) is 0 Å². The van der Waals surface area contributed by atoms with Crippen LogP contribution < -0.4 is 4.74 Å². The Labute approximate surface area is 170 Å². The van der Waals surface area contributed by atoms with Gasteiger partial charge in [-0.15, -0.1) is 0 Å². The fourth-order valence-electron chi connectivity index (χ4n) is 4.56. The van der Waals surface area contributed by atoms with E-state index in [1.54, 1.807) is 7.11 Å². The molecule has 1 saturated heterocycles. The van der Waals surface area contributed by atoms with Crippen LogP contribution in [0, 0.1) is 0 Å². The van der Waals surface area contributed by atoms with Gasteiger partial charge in [0.05, 0.1) is 6.10 Å². The lowest BCUT2D eigenvalue weighted by atomic mass is 9.94. The lowest BCUT2D eigenvalue weighted by molar-refractivity contribution is 0.0379. The maximum absolute atomic E-state index is 10.5. The number of aliphatic hydroxyl groups excluding tert-OH is 1. The third-order valence-electron chi connectivity index (χ3n) is 6.36. The first kappa shape index (κ1) is 21.6. The van der Waals surface area contributed by atoms with E-state index >= 15 is 0 Å². The molecule has 0 spiro atoms. The Morgan fingerprint density at radius 1 is 1.11 bits per heavy atom. The summed E-state index contributed by atoms with van der Waals surface area (Å²) in [6.45, 7) is 4.03. The van der Waals surface area contributed by atoms with Crippen LogP contribution in [0.4, 0.5) is 0 Å². The number of methoxy groups -OCH3 is 1. The molecule has 1 saturated carbocycles. The minimum absolute atomic E-state index is 0.347. The molecule has 5 nitrogen and oxygen atoms in total. The molecule has 158 valence electrons. The third kappa shape index (κ3) is 6.45. The van der Waals surface area contributed by atoms with Crippen molar-refractivity contribution in [1.82, 2.24) is 9.80 Å². The third-order valence-corrected chi connectivity index (χ3v) is 6.36. The zero-order valence-electron chi connectivity index (χ0n) is 17.7. The fourth-order valence-corrected chi connectivity index (χ4v) is 4.56. The molecule has 1 unspecified atom stereocenters. The standard InChI is InChI=1S/C23H38N2O3/c1-24(20-9-4-3-5-10-20)17-21(26)18-28-23-11-7-6-8-19(23)16-25-14-12-22(27-2)13-15-25/h6-8,11,20-22,26H,3-5,9-10,12-18H2,1-2H3. The predicted octanol–water partition coefficient (Wildman–Crippen LogP) is 3.30. The number of hydrogen-bond acceptors (Lipinski definition) is 5. The molecule has 1 aliphatic carbocycles. The topological polar surface area (TPSA) is 45.2 Å². The van der Waals surface area contributed by atoms with E-state index in [1.165, 1.54) is 37.7 Å². The van der Waals surface area contributed by atoms with Crippen molar-refractivity contribution in [2.75, 3.05) is 40.4 Å². The summed E-state index contributed by atoms with van der Waals surface area (Å²) < 4.78 is 11.5. The van der Waals surface area contributed by atoms with Gasteiger partial charge in [-0.25, -0.2) is 0 Å². The van der Waals surface area contributed by atoms with Crippen molar-refractivity contribution < 1.29 is 14.6 Å². The largest absolute Gasteiger partial charge is 0.491 e. The number of ether oxygens (including phenoxy) is 2. The maximum atomic E-state index is 10.5. The first-order chi connectivity index (χ1) is 13.7. The maximum Gasteiger partial charge on any atom is 0.123 e. The van der Waals surface area contributed by atoms with E-state index in [1.807, 2.05) is 12.1 Å². The van der Waals surface area contributed by atoms with Crippen molar-refractivity contribution >= 4 is 0 Å². The number of hydrogen-bond donors (Lipinski definition) is 1. The lowest BCUT2D eigenvalue weighted by Crippen LogP contribution is -2.40. The molecule has 1 aromatic rings. The van der Waals surface area contributed by atoms with Crippen molar-refractivity contribution in [2.24, 2.45) is 0 Å². The smallest absolute Gasteiger partial charge is 0.123 e. The molecular formula is C23H38N2O3. The molecule has 0 aromatic heterocycles. The first-order valence-corrected chi connectivity index (χ1v) is 11.0. The Kier molecular flexibility index (Phi) is 8.59. The first-order valence-electron chi connectivity index (χ1n) is 11.0. The van der Waals surface area contributed by atoms with Crippen molar-refractivity contribution in [3.63, 3.8) is 0 Å². The van der Waals surface area contributed by atoms with Crippen LogP contribution in [0.1, 0.15) is 50.5 Å². The SMILES string of the molecule is COC1CCN(Cc2ccccc2OCC(O)CN(C)C2CCCCC2)CC1. The molecule has 0 amide bonds. The number of aliphatic hydroxyl groups is 1. The van der Waals surface area contributed by atoms with Gasteiger partial charge in [0.1, 0.15) is 18.5 Å². The van der Waals surface area contributed by atoms with Gasteiger partial charge in [0, 0.05) is 44.9 Å². The fraction of sp³-hybridized carbons (Fsp3) is 0.739. The summed E-state index contributed by atoms with van der Waals surface area (Å²) >= 11 is 0. The van der Waals surface area contributed by atoms with Crippen LogP contribution in [-0.4, -0.2) is 73.6 Å². The lowest BCUT2D eigenvalue weighted by Gasteiger charge is -2.32. The molecule has 3 rings (SSSR count). The summed E-state index contributed by atoms with van der Waals surface area (Å²) in [5.74, 6) is 0.899. The highest BCUT2D eigenvalue weighted by Gasteiger charge is 2.22. The van der Waals surface area contributed by atoms with Crippen LogP contribution in [0.3, 0.4) is 0 Å². The Hall–Kier alpha value is -1.14. The molecule has 2 fully saturated rings. The van der Waals surface area contributed by atoms with Gasteiger partial charge in [0.25, 0.3) is 0 Å². The summed E-state index contributed by atoms with van der Waals surface area (Å²) in [5, 5.41) is 10.5. The van der Waals surface area contributed by atoms with Crippen molar-refractivity contribution in [3.05, 3.63) is 29.8 Å². The van der Waals surface area contributed by atoms with Gasteiger partial charge in [-0.1, -0.05) is 37.5 Å². The van der Waals surface area contributed by atoms with Crippen molar-refractivity contribution in [1.29, 1.82) is 0 Å². The van der Waals surface area contributed by atoms with Gasteiger partial charge in [0.15, 0.2) is 0 Å². The Balaban J connectivity index is 1.46. The average Bonchev–Trinajstić information content (AvgIpc) is 2.74. The van der Waals surface area contributed by atoms with Gasteiger partial charge in [-0.05, 0) is 38.8 Å². The molecule has 1 N–H and O–H groups in total. The average molecular weight is 391 g/mol. The molecular weight excluding hydrogens is 352 g/mol. The Bertz CT molecular complexity index is 569. The van der Waals surface area contributed by atoms with Crippen molar-refractivity contribution in [3.8, 4) is 5.75 Å². The zero-order chi connectivity index (χ0) is 19.8. The van der Waals surface area contributed by atoms with Crippen molar-refractivity contribution in [2.45, 2.75) is 69.7 Å². The monoisotopic (exact) mass is 390 g/mol. The Morgan fingerprint density at radius 2 is 1.82 bits per heavy atom. The number of likely N-dealkylation sites (tertiary alicyclic amines) is 1. The molecule has 28 heavy (non-hydrogen) atoms. The van der Waals surface area contributed by atoms with Crippen LogP contribution in [-0.2, 0) is 11.3 Å². The zero-order valence-corrected chi connectivity index (χ0v) is 17.7. The summed E-state index contributed by atoms with van der Waals surface area (Å²) in [6, 6.07) is 8.85. The van der Waals surface area contributed by atoms with E-state index in [9.17, 15) is 5.11 Å². The molecule has 1 atom stereocenters. The molecule has 1 aromatic carbocycles. The van der Waals surface area contributed by atoms with Gasteiger partial charge in [-0.3, -0.25) is 4.90 Å². The van der Waals surface area contributed by atoms with E-state index in [0.29, 0.717) is 25.3 Å². The summed E-state index contributed by atoms with van der Waals surface area (Å²) in [5.41, 5.74) is 1.20. The number of nitrogens with zero attached hydrogens (tertiary/aromatic N) is 2. The van der Waals surface area contributed by atoms with Crippen LogP contribution in [0.25, 0.3) is 0 Å². The highest BCUT2D eigenvalue weighted by atomic mass is 16.5. The number of benzene rings is 1. The van der Waals surface area contributed by atoms with Gasteiger partial charge in [0.2, 0.25) is 0 Å². The molecule has 5 heteroatoms. The molecule has 1 heterocycles. The molecule has 2 aliphatic rings. The van der Waals surface area contributed by atoms with E-state index < -0.39 is 6.10 Å². The summed E-state index contributed by atoms with van der Waals surface area (Å²) in [6.07, 6.45) is 8.62. The number of piperidine rings is 1. The van der Waals surface area contributed by atoms with Gasteiger partial charge >= 0.3 is 0 Å². The minimum atomic E-state index is -0.461. The van der Waals surface area contributed by atoms with Crippen LogP contribution >= 0.6 is 0 Å². The summed E-state index contributed by atoms with van der Waals surface area (Å²) in [7, 11) is 3.94. The van der Waals surface area contributed by atoms with E-state index in [0.717, 1.165) is 38.2 Å². The molecule has 1 aliphatic heterocycles. The second kappa shape index (κ2) is 11.1. The van der Waals surface area contributed by atoms with Gasteiger partial charge < -0.3 is 19.5 Å². The Morgan fingerprint density at radius 3 is 2.54 bits per heavy atom. The number of para-hydroxylation sites is 1. The normalized spacial score (nSPS) is 21.1. The molecule has 0 radical (unpaired) electrons. The minimum Gasteiger partial charge on any atom is -0.491 e. The second-order valence-corrected chi connectivity index (χ2v) is 8.52. The van der Waals surface area contributed by atoms with E-state index in [4.69, 9.17) is 9.47 Å². The number of likely N-dealkylation sites (N-methyl/N-ethyl adjacent to an activating group) is 1. The van der Waals surface area contributed by atoms with E-state index in [2.05, 4.69) is 29.0 Å². The van der Waals surface area contributed by atoms with Crippen LogP contribution in [0.2, 0.25) is 0 Å². The highest BCUT2D eigenvalue weighted by molar-refractivity contribution is 5.33. The second-order valence-electron chi connectivity index (χ2n) is 8.52. The predicted molar refractivity (Wildman–Crippen MR) is 113 cm³/mol. The quantitative estimate of drug-likeness (QED) is 0.701. The summed E-state index contributed by atoms with van der Waals surface area (Å²) in [4.78, 5) is 4.78. The highest BCUT2D eigenvalue weighted by Crippen LogP contribution is 2.24. The number of rotatable bonds is 9. The van der Waals surface area contributed by atoms with E-state index in [-0.39, 0.29) is 0 Å². The molecule has 0 bridgehead atoms. The van der Waals surface area contributed by atoms with Crippen LogP contribution in [0.15, 0.2) is 24.3 Å².